The summed E-state index contributed by atoms with van der Waals surface area (Å²) in [6, 6.07) is 7.06. The molecule has 0 saturated heterocycles. The van der Waals surface area contributed by atoms with Gasteiger partial charge in [0.25, 0.3) is 0 Å². The van der Waals surface area contributed by atoms with Crippen molar-refractivity contribution in [1.29, 1.82) is 0 Å². The van der Waals surface area contributed by atoms with Gasteiger partial charge in [0.15, 0.2) is 0 Å². The lowest BCUT2D eigenvalue weighted by Gasteiger charge is -2.10. The van der Waals surface area contributed by atoms with E-state index in [-0.39, 0.29) is 0 Å². The first-order valence-corrected chi connectivity index (χ1v) is 8.01. The minimum atomic E-state index is 1.25. The number of nitrogens with one attached hydrogen (secondary N) is 1. The quantitative estimate of drug-likeness (QED) is 0.709. The van der Waals surface area contributed by atoms with Crippen LogP contribution in [-0.4, -0.2) is 4.98 Å². The molecule has 1 heteroatoms. The first-order valence-electron chi connectivity index (χ1n) is 8.01. The summed E-state index contributed by atoms with van der Waals surface area (Å²) in [6.07, 6.45) is 11.9. The van der Waals surface area contributed by atoms with E-state index in [1.807, 2.05) is 0 Å². The molecule has 0 spiro atoms. The Balaban J connectivity index is 1.79. The number of aromatic amines is 1. The summed E-state index contributed by atoms with van der Waals surface area (Å²) in [6.45, 7) is 2.28. The van der Waals surface area contributed by atoms with Crippen molar-refractivity contribution < 1.29 is 0 Å². The van der Waals surface area contributed by atoms with Gasteiger partial charge in [0.2, 0.25) is 0 Å². The van der Waals surface area contributed by atoms with Gasteiger partial charge in [-0.15, -0.1) is 0 Å². The van der Waals surface area contributed by atoms with Crippen LogP contribution in [-0.2, 0) is 19.3 Å². The lowest BCUT2D eigenvalue weighted by atomic mass is 9.94. The second-order valence-corrected chi connectivity index (χ2v) is 5.98. The maximum Gasteiger partial charge on any atom is 0.0459 e. The maximum absolute atomic E-state index is 3.62. The Kier molecular flexibility index (Phi) is 3.91. The molecule has 1 aromatic heterocycles. The van der Waals surface area contributed by atoms with E-state index in [2.05, 4.69) is 30.1 Å². The summed E-state index contributed by atoms with van der Waals surface area (Å²) in [5.74, 6) is 0. The average molecular weight is 255 g/mol. The largest absolute Gasteiger partial charge is 0.358 e. The summed E-state index contributed by atoms with van der Waals surface area (Å²) in [7, 11) is 0. The molecule has 2 aromatic rings. The minimum Gasteiger partial charge on any atom is -0.358 e. The predicted octanol–water partition coefficient (Wildman–Crippen LogP) is 5.17. The summed E-state index contributed by atoms with van der Waals surface area (Å²) in [5, 5.41) is 1.50. The van der Waals surface area contributed by atoms with Gasteiger partial charge in [-0.3, -0.25) is 0 Å². The first-order chi connectivity index (χ1) is 9.38. The third kappa shape index (κ3) is 2.70. The van der Waals surface area contributed by atoms with Crippen molar-refractivity contribution in [2.24, 2.45) is 0 Å². The zero-order valence-corrected chi connectivity index (χ0v) is 12.1. The lowest BCUT2D eigenvalue weighted by molar-refractivity contribution is 0.667. The minimum absolute atomic E-state index is 1.25. The van der Waals surface area contributed by atoms with Crippen LogP contribution in [0.1, 0.15) is 62.3 Å². The Morgan fingerprint density at radius 1 is 1.05 bits per heavy atom. The molecule has 0 unspecified atom stereocenters. The van der Waals surface area contributed by atoms with Crippen LogP contribution in [0.2, 0.25) is 0 Å². The second-order valence-electron chi connectivity index (χ2n) is 5.98. The van der Waals surface area contributed by atoms with Crippen LogP contribution in [0.3, 0.4) is 0 Å². The maximum atomic E-state index is 3.62. The molecule has 1 N–H and O–H groups in total. The van der Waals surface area contributed by atoms with Crippen LogP contribution in [0.15, 0.2) is 18.2 Å². The number of rotatable bonds is 5. The van der Waals surface area contributed by atoms with Gasteiger partial charge in [-0.25, -0.2) is 0 Å². The van der Waals surface area contributed by atoms with Gasteiger partial charge in [-0.2, -0.15) is 0 Å². The highest BCUT2D eigenvalue weighted by Crippen LogP contribution is 2.30. The number of hydrogen-bond donors (Lipinski definition) is 1. The Morgan fingerprint density at radius 3 is 2.84 bits per heavy atom. The number of benzene rings is 1. The third-order valence-electron chi connectivity index (χ3n) is 4.48. The van der Waals surface area contributed by atoms with Gasteiger partial charge in [0.05, 0.1) is 0 Å². The highest BCUT2D eigenvalue weighted by molar-refractivity contribution is 5.85. The highest BCUT2D eigenvalue weighted by atomic mass is 14.7. The first kappa shape index (κ1) is 12.8. The molecule has 19 heavy (non-hydrogen) atoms. The van der Waals surface area contributed by atoms with Crippen LogP contribution >= 0.6 is 0 Å². The van der Waals surface area contributed by atoms with Crippen LogP contribution < -0.4 is 0 Å². The lowest BCUT2D eigenvalue weighted by Crippen LogP contribution is -2.00. The van der Waals surface area contributed by atoms with E-state index in [9.17, 15) is 0 Å². The molecule has 1 aliphatic carbocycles. The Morgan fingerprint density at radius 2 is 1.95 bits per heavy atom. The summed E-state index contributed by atoms with van der Waals surface area (Å²) in [4.78, 5) is 3.62. The molecule has 0 fully saturated rings. The SMILES string of the molecule is CCCCCCc1ccc2[nH]c3c(c2c1)CCCC3. The molecule has 1 nitrogen and oxygen atoms in total. The smallest absolute Gasteiger partial charge is 0.0459 e. The molecule has 0 amide bonds. The second kappa shape index (κ2) is 5.81. The molecule has 1 aromatic carbocycles. The van der Waals surface area contributed by atoms with E-state index in [0.717, 1.165) is 0 Å². The predicted molar refractivity (Wildman–Crippen MR) is 82.8 cm³/mol. The fraction of sp³-hybridized carbons (Fsp3) is 0.556. The number of H-pyrrole nitrogens is 1. The third-order valence-corrected chi connectivity index (χ3v) is 4.48. The van der Waals surface area contributed by atoms with E-state index in [4.69, 9.17) is 0 Å². The van der Waals surface area contributed by atoms with E-state index in [1.54, 1.807) is 5.56 Å². The Labute approximate surface area is 116 Å². The number of unbranched alkanes of at least 4 members (excludes halogenated alkanes) is 3. The molecular weight excluding hydrogens is 230 g/mol. The number of aryl methyl sites for hydroxylation is 3. The number of hydrogen-bond acceptors (Lipinski definition) is 0. The number of fused-ring (bicyclic) bond motifs is 3. The van der Waals surface area contributed by atoms with Crippen LogP contribution in [0, 0.1) is 0 Å². The van der Waals surface area contributed by atoms with E-state index in [0.29, 0.717) is 0 Å². The molecule has 0 bridgehead atoms. The number of aromatic nitrogens is 1. The molecule has 3 rings (SSSR count). The van der Waals surface area contributed by atoms with Crippen molar-refractivity contribution in [3.05, 3.63) is 35.0 Å². The highest BCUT2D eigenvalue weighted by Gasteiger charge is 2.15. The van der Waals surface area contributed by atoms with E-state index in [1.165, 1.54) is 79.9 Å². The molecule has 1 heterocycles. The fourth-order valence-corrected chi connectivity index (χ4v) is 3.36. The van der Waals surface area contributed by atoms with Crippen LogP contribution in [0.4, 0.5) is 0 Å². The monoisotopic (exact) mass is 255 g/mol. The molecule has 0 radical (unpaired) electrons. The van der Waals surface area contributed by atoms with Gasteiger partial charge in [-0.1, -0.05) is 32.3 Å². The van der Waals surface area contributed by atoms with Crippen molar-refractivity contribution in [2.75, 3.05) is 0 Å². The summed E-state index contributed by atoms with van der Waals surface area (Å²) >= 11 is 0. The summed E-state index contributed by atoms with van der Waals surface area (Å²) in [5.41, 5.74) is 5.99. The van der Waals surface area contributed by atoms with Crippen molar-refractivity contribution >= 4 is 10.9 Å². The zero-order chi connectivity index (χ0) is 13.1. The zero-order valence-electron chi connectivity index (χ0n) is 12.1. The van der Waals surface area contributed by atoms with Crippen molar-refractivity contribution in [3.8, 4) is 0 Å². The molecule has 0 atom stereocenters. The van der Waals surface area contributed by atoms with Gasteiger partial charge < -0.3 is 4.98 Å². The topological polar surface area (TPSA) is 15.8 Å². The normalized spacial score (nSPS) is 14.8. The van der Waals surface area contributed by atoms with Crippen LogP contribution in [0.5, 0.6) is 0 Å². The Bertz CT molecular complexity index is 550. The summed E-state index contributed by atoms with van der Waals surface area (Å²) < 4.78 is 0. The molecule has 0 saturated carbocycles. The van der Waals surface area contributed by atoms with Crippen LogP contribution in [0.25, 0.3) is 10.9 Å². The average Bonchev–Trinajstić information content (AvgIpc) is 2.82. The fourth-order valence-electron chi connectivity index (χ4n) is 3.36. The van der Waals surface area contributed by atoms with Gasteiger partial charge >= 0.3 is 0 Å². The molecular formula is C18H25N. The van der Waals surface area contributed by atoms with E-state index < -0.39 is 0 Å². The van der Waals surface area contributed by atoms with E-state index >= 15 is 0 Å². The van der Waals surface area contributed by atoms with Gasteiger partial charge in [0.1, 0.15) is 0 Å². The molecule has 0 aliphatic heterocycles. The van der Waals surface area contributed by atoms with Gasteiger partial charge in [-0.05, 0) is 61.8 Å². The molecule has 102 valence electrons. The van der Waals surface area contributed by atoms with Crippen molar-refractivity contribution in [3.63, 3.8) is 0 Å². The molecule has 1 aliphatic rings. The van der Waals surface area contributed by atoms with Crippen molar-refractivity contribution in [1.82, 2.24) is 4.98 Å². The standard InChI is InChI=1S/C18H25N/c1-2-3-4-5-8-14-11-12-18-16(13-14)15-9-6-7-10-17(15)19-18/h11-13,19H,2-10H2,1H3. The Hall–Kier alpha value is -1.24. The van der Waals surface area contributed by atoms with Gasteiger partial charge in [0, 0.05) is 16.6 Å². The van der Waals surface area contributed by atoms with Crippen molar-refractivity contribution in [2.45, 2.75) is 64.7 Å².